The Labute approximate surface area is 114 Å². The van der Waals surface area contributed by atoms with Crippen molar-refractivity contribution in [3.63, 3.8) is 0 Å². The number of piperazine rings is 1. The lowest BCUT2D eigenvalue weighted by atomic mass is 10.1. The molecular formula is C13H23N3O3. The zero-order valence-corrected chi connectivity index (χ0v) is 11.7. The smallest absolute Gasteiger partial charge is 0.319 e. The number of fused-ring (bicyclic) bond motifs is 1. The van der Waals surface area contributed by atoms with Crippen molar-refractivity contribution >= 4 is 12.0 Å². The number of amides is 2. The van der Waals surface area contributed by atoms with Crippen LogP contribution >= 0.6 is 0 Å². The topological polar surface area (TPSA) is 64.1 Å². The van der Waals surface area contributed by atoms with Crippen LogP contribution < -0.4 is 0 Å². The molecule has 0 radical (unpaired) electrons. The van der Waals surface area contributed by atoms with Crippen LogP contribution in [0.2, 0.25) is 0 Å². The Kier molecular flexibility index (Phi) is 4.29. The number of urea groups is 1. The molecule has 2 saturated heterocycles. The van der Waals surface area contributed by atoms with Crippen LogP contribution in [0.3, 0.4) is 0 Å². The summed E-state index contributed by atoms with van der Waals surface area (Å²) in [6, 6.07) is 0.461. The van der Waals surface area contributed by atoms with Crippen molar-refractivity contribution in [2.45, 2.75) is 25.8 Å². The van der Waals surface area contributed by atoms with Gasteiger partial charge in [-0.05, 0) is 19.4 Å². The van der Waals surface area contributed by atoms with Crippen molar-refractivity contribution in [3.05, 3.63) is 0 Å². The van der Waals surface area contributed by atoms with E-state index < -0.39 is 11.9 Å². The minimum atomic E-state index is -0.861. The molecule has 0 aromatic heterocycles. The van der Waals surface area contributed by atoms with E-state index in [0.29, 0.717) is 6.04 Å². The summed E-state index contributed by atoms with van der Waals surface area (Å²) in [7, 11) is 1.68. The van der Waals surface area contributed by atoms with E-state index in [9.17, 15) is 9.59 Å². The molecule has 0 aromatic carbocycles. The first kappa shape index (κ1) is 14.1. The van der Waals surface area contributed by atoms with Crippen molar-refractivity contribution in [2.24, 2.45) is 5.92 Å². The number of rotatable bonds is 3. The number of carbonyl (C=O) groups excluding carboxylic acids is 1. The van der Waals surface area contributed by atoms with Gasteiger partial charge in [-0.2, -0.15) is 0 Å². The third-order valence-corrected chi connectivity index (χ3v) is 4.15. The van der Waals surface area contributed by atoms with Crippen LogP contribution in [-0.4, -0.2) is 77.6 Å². The van der Waals surface area contributed by atoms with Crippen LogP contribution in [-0.2, 0) is 4.79 Å². The molecule has 2 atom stereocenters. The maximum Gasteiger partial charge on any atom is 0.319 e. The summed E-state index contributed by atoms with van der Waals surface area (Å²) in [5.74, 6) is -1.39. The predicted molar refractivity (Wildman–Crippen MR) is 71.0 cm³/mol. The minimum absolute atomic E-state index is 0.0420. The Bertz CT molecular complexity index is 361. The first-order valence-corrected chi connectivity index (χ1v) is 6.96. The van der Waals surface area contributed by atoms with Crippen molar-refractivity contribution in [3.8, 4) is 0 Å². The van der Waals surface area contributed by atoms with Crippen molar-refractivity contribution in [1.29, 1.82) is 0 Å². The molecule has 2 heterocycles. The van der Waals surface area contributed by atoms with E-state index in [4.69, 9.17) is 5.11 Å². The van der Waals surface area contributed by atoms with E-state index in [1.54, 1.807) is 14.0 Å². The van der Waals surface area contributed by atoms with Gasteiger partial charge in [0.15, 0.2) is 0 Å². The van der Waals surface area contributed by atoms with Gasteiger partial charge in [0.05, 0.1) is 5.92 Å². The predicted octanol–water partition coefficient (Wildman–Crippen LogP) is 0.539. The average molecular weight is 269 g/mol. The van der Waals surface area contributed by atoms with Crippen LogP contribution in [0.4, 0.5) is 4.79 Å². The van der Waals surface area contributed by atoms with Crippen LogP contribution in [0.5, 0.6) is 0 Å². The van der Waals surface area contributed by atoms with Gasteiger partial charge >= 0.3 is 12.0 Å². The van der Waals surface area contributed by atoms with Crippen LogP contribution in [0.15, 0.2) is 0 Å². The number of nitrogens with zero attached hydrogens (tertiary/aromatic N) is 3. The normalized spacial score (nSPS) is 24.9. The summed E-state index contributed by atoms with van der Waals surface area (Å²) in [5.41, 5.74) is 0. The number of carboxylic acids is 1. The SMILES string of the molecule is CC(CN(C)C(=O)N1CCN2CCCC2C1)C(=O)O. The van der Waals surface area contributed by atoms with E-state index in [1.807, 2.05) is 4.90 Å². The van der Waals surface area contributed by atoms with Gasteiger partial charge in [-0.25, -0.2) is 4.79 Å². The molecule has 0 aliphatic carbocycles. The van der Waals surface area contributed by atoms with Gasteiger partial charge in [-0.1, -0.05) is 6.92 Å². The highest BCUT2D eigenvalue weighted by Gasteiger charge is 2.33. The van der Waals surface area contributed by atoms with Crippen molar-refractivity contribution in [2.75, 3.05) is 39.8 Å². The minimum Gasteiger partial charge on any atom is -0.481 e. The molecule has 19 heavy (non-hydrogen) atoms. The molecule has 6 heteroatoms. The number of carbonyl (C=O) groups is 2. The van der Waals surface area contributed by atoms with E-state index in [2.05, 4.69) is 4.90 Å². The molecule has 2 aliphatic rings. The number of aliphatic carboxylic acids is 1. The molecule has 108 valence electrons. The second-order valence-corrected chi connectivity index (χ2v) is 5.68. The van der Waals surface area contributed by atoms with E-state index >= 15 is 0 Å². The van der Waals surface area contributed by atoms with Crippen molar-refractivity contribution in [1.82, 2.24) is 14.7 Å². The van der Waals surface area contributed by atoms with Gasteiger partial charge in [-0.15, -0.1) is 0 Å². The molecule has 2 amide bonds. The Morgan fingerprint density at radius 3 is 2.79 bits per heavy atom. The molecule has 2 unspecified atom stereocenters. The second-order valence-electron chi connectivity index (χ2n) is 5.68. The number of hydrogen-bond acceptors (Lipinski definition) is 3. The molecule has 0 saturated carbocycles. The molecule has 0 bridgehead atoms. The lowest BCUT2D eigenvalue weighted by Gasteiger charge is -2.39. The Balaban J connectivity index is 1.87. The first-order chi connectivity index (χ1) is 8.99. The Morgan fingerprint density at radius 2 is 2.11 bits per heavy atom. The summed E-state index contributed by atoms with van der Waals surface area (Å²) in [6.07, 6.45) is 2.39. The van der Waals surface area contributed by atoms with E-state index in [0.717, 1.165) is 26.2 Å². The van der Waals surface area contributed by atoms with Gasteiger partial charge in [0.1, 0.15) is 0 Å². The maximum atomic E-state index is 12.3. The third kappa shape index (κ3) is 3.18. The van der Waals surface area contributed by atoms with Gasteiger partial charge in [-0.3, -0.25) is 9.69 Å². The van der Waals surface area contributed by atoms with Crippen molar-refractivity contribution < 1.29 is 14.7 Å². The zero-order chi connectivity index (χ0) is 14.0. The highest BCUT2D eigenvalue weighted by molar-refractivity contribution is 5.76. The summed E-state index contributed by atoms with van der Waals surface area (Å²) >= 11 is 0. The summed E-state index contributed by atoms with van der Waals surface area (Å²) in [4.78, 5) is 29.0. The molecule has 6 nitrogen and oxygen atoms in total. The molecule has 0 aromatic rings. The maximum absolute atomic E-state index is 12.3. The lowest BCUT2D eigenvalue weighted by molar-refractivity contribution is -0.141. The highest BCUT2D eigenvalue weighted by atomic mass is 16.4. The van der Waals surface area contributed by atoms with Crippen LogP contribution in [0.25, 0.3) is 0 Å². The molecule has 2 fully saturated rings. The second kappa shape index (κ2) is 5.77. The average Bonchev–Trinajstić information content (AvgIpc) is 2.84. The van der Waals surface area contributed by atoms with Crippen LogP contribution in [0.1, 0.15) is 19.8 Å². The fourth-order valence-corrected chi connectivity index (χ4v) is 2.97. The van der Waals surface area contributed by atoms with Gasteiger partial charge in [0.2, 0.25) is 0 Å². The summed E-state index contributed by atoms with van der Waals surface area (Å²) in [6.45, 7) is 5.52. The fraction of sp³-hybridized carbons (Fsp3) is 0.846. The standard InChI is InChI=1S/C13H23N3O3/c1-10(12(17)18)8-14(2)13(19)16-7-6-15-5-3-4-11(15)9-16/h10-11H,3-9H2,1-2H3,(H,17,18). The summed E-state index contributed by atoms with van der Waals surface area (Å²) < 4.78 is 0. The molecular weight excluding hydrogens is 246 g/mol. The van der Waals surface area contributed by atoms with Crippen LogP contribution in [0, 0.1) is 5.92 Å². The monoisotopic (exact) mass is 269 g/mol. The first-order valence-electron chi connectivity index (χ1n) is 6.96. The third-order valence-electron chi connectivity index (χ3n) is 4.15. The molecule has 2 aliphatic heterocycles. The number of hydrogen-bond donors (Lipinski definition) is 1. The fourth-order valence-electron chi connectivity index (χ4n) is 2.97. The molecule has 0 spiro atoms. The van der Waals surface area contributed by atoms with Gasteiger partial charge in [0.25, 0.3) is 0 Å². The lowest BCUT2D eigenvalue weighted by Crippen LogP contribution is -2.55. The highest BCUT2D eigenvalue weighted by Crippen LogP contribution is 2.22. The Hall–Kier alpha value is -1.30. The van der Waals surface area contributed by atoms with Gasteiger partial charge < -0.3 is 14.9 Å². The Morgan fingerprint density at radius 1 is 1.37 bits per heavy atom. The number of carboxylic acid groups (broad SMARTS) is 1. The van der Waals surface area contributed by atoms with Gasteiger partial charge in [0, 0.05) is 39.3 Å². The quantitative estimate of drug-likeness (QED) is 0.812. The zero-order valence-electron chi connectivity index (χ0n) is 11.7. The van der Waals surface area contributed by atoms with E-state index in [1.165, 1.54) is 17.7 Å². The van der Waals surface area contributed by atoms with E-state index in [-0.39, 0.29) is 12.6 Å². The molecule has 1 N–H and O–H groups in total. The largest absolute Gasteiger partial charge is 0.481 e. The molecule has 2 rings (SSSR count). The summed E-state index contributed by atoms with van der Waals surface area (Å²) in [5, 5.41) is 8.89.